The van der Waals surface area contributed by atoms with Gasteiger partial charge >= 0.3 is 0 Å². The third-order valence-electron chi connectivity index (χ3n) is 4.91. The highest BCUT2D eigenvalue weighted by Gasteiger charge is 2.25. The predicted molar refractivity (Wildman–Crippen MR) is 115 cm³/mol. The first-order chi connectivity index (χ1) is 13.5. The van der Waals surface area contributed by atoms with Crippen LogP contribution in [0.1, 0.15) is 37.1 Å². The van der Waals surface area contributed by atoms with E-state index in [4.69, 9.17) is 9.72 Å². The molecule has 0 aromatic carbocycles. The number of nitrogens with one attached hydrogen (secondary N) is 1. The maximum atomic E-state index is 13.4. The summed E-state index contributed by atoms with van der Waals surface area (Å²) < 4.78 is 7.48. The summed E-state index contributed by atoms with van der Waals surface area (Å²) in [5.41, 5.74) is 1.05. The highest BCUT2D eigenvalue weighted by Crippen LogP contribution is 2.31. The summed E-state index contributed by atoms with van der Waals surface area (Å²) in [6.07, 6.45) is 4.41. The standard InChI is InChI=1S/C20H27N3O3S2/c1-5-9-21-17(24)13(4)28-20-22-18-16(15(6-2)12(3)27-18)19(25)23(20)11-14-8-7-10-26-14/h5,13-14H,1,6-11H2,2-4H3,(H,21,24)/t13-,14+/m1/s1. The van der Waals surface area contributed by atoms with Crippen molar-refractivity contribution in [1.82, 2.24) is 14.9 Å². The van der Waals surface area contributed by atoms with Gasteiger partial charge in [0.15, 0.2) is 5.16 Å². The first-order valence-electron chi connectivity index (χ1n) is 9.65. The van der Waals surface area contributed by atoms with Crippen LogP contribution in [0, 0.1) is 6.92 Å². The van der Waals surface area contributed by atoms with Crippen LogP contribution >= 0.6 is 23.1 Å². The Morgan fingerprint density at radius 3 is 3.00 bits per heavy atom. The maximum absolute atomic E-state index is 13.4. The zero-order valence-electron chi connectivity index (χ0n) is 16.6. The summed E-state index contributed by atoms with van der Waals surface area (Å²) in [5, 5.41) is 3.74. The lowest BCUT2D eigenvalue weighted by Crippen LogP contribution is -2.33. The van der Waals surface area contributed by atoms with Crippen LogP contribution < -0.4 is 10.9 Å². The molecule has 1 fully saturated rings. The molecular weight excluding hydrogens is 394 g/mol. The number of thiophene rings is 1. The van der Waals surface area contributed by atoms with Crippen molar-refractivity contribution in [1.29, 1.82) is 0 Å². The van der Waals surface area contributed by atoms with Crippen molar-refractivity contribution in [2.45, 2.75) is 63.1 Å². The fourth-order valence-corrected chi connectivity index (χ4v) is 5.53. The number of fused-ring (bicyclic) bond motifs is 1. The first-order valence-corrected chi connectivity index (χ1v) is 11.4. The Morgan fingerprint density at radius 2 is 2.36 bits per heavy atom. The van der Waals surface area contributed by atoms with Gasteiger partial charge in [-0.1, -0.05) is 24.8 Å². The van der Waals surface area contributed by atoms with E-state index >= 15 is 0 Å². The molecule has 0 radical (unpaired) electrons. The Kier molecular flexibility index (Phi) is 6.95. The molecular formula is C20H27N3O3S2. The van der Waals surface area contributed by atoms with Crippen molar-refractivity contribution in [3.8, 4) is 0 Å². The van der Waals surface area contributed by atoms with E-state index in [-0.39, 0.29) is 22.8 Å². The Balaban J connectivity index is 2.02. The minimum atomic E-state index is -0.369. The lowest BCUT2D eigenvalue weighted by molar-refractivity contribution is -0.120. The molecule has 0 saturated carbocycles. The monoisotopic (exact) mass is 421 g/mol. The number of hydrogen-bond donors (Lipinski definition) is 1. The molecule has 152 valence electrons. The molecule has 1 amide bonds. The number of thioether (sulfide) groups is 1. The van der Waals surface area contributed by atoms with Gasteiger partial charge in [0.05, 0.1) is 23.3 Å². The molecule has 2 aromatic heterocycles. The molecule has 1 saturated heterocycles. The Morgan fingerprint density at radius 1 is 1.57 bits per heavy atom. The average molecular weight is 422 g/mol. The molecule has 0 aliphatic carbocycles. The fraction of sp³-hybridized carbons (Fsp3) is 0.550. The van der Waals surface area contributed by atoms with Gasteiger partial charge in [0.1, 0.15) is 4.83 Å². The zero-order chi connectivity index (χ0) is 20.3. The zero-order valence-corrected chi connectivity index (χ0v) is 18.3. The van der Waals surface area contributed by atoms with Crippen molar-refractivity contribution in [3.05, 3.63) is 33.4 Å². The van der Waals surface area contributed by atoms with Crippen molar-refractivity contribution in [3.63, 3.8) is 0 Å². The van der Waals surface area contributed by atoms with Gasteiger partial charge in [-0.15, -0.1) is 17.9 Å². The second kappa shape index (κ2) is 9.24. The van der Waals surface area contributed by atoms with E-state index in [1.165, 1.54) is 11.8 Å². The van der Waals surface area contributed by atoms with Gasteiger partial charge in [0.2, 0.25) is 5.91 Å². The summed E-state index contributed by atoms with van der Waals surface area (Å²) in [6.45, 7) is 11.2. The van der Waals surface area contributed by atoms with Crippen LogP contribution in [-0.4, -0.2) is 40.0 Å². The van der Waals surface area contributed by atoms with Crippen molar-refractivity contribution < 1.29 is 9.53 Å². The highest BCUT2D eigenvalue weighted by molar-refractivity contribution is 8.00. The largest absolute Gasteiger partial charge is 0.376 e. The Labute approximate surface area is 173 Å². The maximum Gasteiger partial charge on any atom is 0.263 e. The van der Waals surface area contributed by atoms with Crippen LogP contribution in [-0.2, 0) is 22.5 Å². The van der Waals surface area contributed by atoms with Gasteiger partial charge < -0.3 is 10.1 Å². The minimum Gasteiger partial charge on any atom is -0.376 e. The Hall–Kier alpha value is -1.64. The van der Waals surface area contributed by atoms with Crippen LogP contribution in [0.4, 0.5) is 0 Å². The second-order valence-electron chi connectivity index (χ2n) is 6.91. The van der Waals surface area contributed by atoms with E-state index in [9.17, 15) is 9.59 Å². The number of nitrogens with zero attached hydrogens (tertiary/aromatic N) is 2. The molecule has 1 aliphatic rings. The van der Waals surface area contributed by atoms with E-state index < -0.39 is 0 Å². The number of ether oxygens (including phenoxy) is 1. The Bertz CT molecular complexity index is 929. The molecule has 8 heteroatoms. The summed E-state index contributed by atoms with van der Waals surface area (Å²) in [6, 6.07) is 0. The van der Waals surface area contributed by atoms with Gasteiger partial charge in [0.25, 0.3) is 5.56 Å². The molecule has 0 unspecified atom stereocenters. The van der Waals surface area contributed by atoms with Crippen LogP contribution in [0.5, 0.6) is 0 Å². The summed E-state index contributed by atoms with van der Waals surface area (Å²) in [5.74, 6) is -0.0977. The van der Waals surface area contributed by atoms with Crippen molar-refractivity contribution in [2.24, 2.45) is 0 Å². The normalized spacial score (nSPS) is 17.8. The quantitative estimate of drug-likeness (QED) is 0.402. The molecule has 3 heterocycles. The average Bonchev–Trinajstić information content (AvgIpc) is 3.29. The van der Waals surface area contributed by atoms with Gasteiger partial charge in [-0.25, -0.2) is 4.98 Å². The SMILES string of the molecule is C=CCNC(=O)[C@@H](C)Sc1nc2sc(C)c(CC)c2c(=O)n1C[C@@H]1CCCO1. The van der Waals surface area contributed by atoms with E-state index in [1.807, 2.05) is 13.8 Å². The molecule has 1 N–H and O–H groups in total. The number of amides is 1. The third kappa shape index (κ3) is 4.34. The summed E-state index contributed by atoms with van der Waals surface area (Å²) in [7, 11) is 0. The number of carbonyl (C=O) groups is 1. The number of aromatic nitrogens is 2. The number of carbonyl (C=O) groups excluding carboxylic acids is 1. The van der Waals surface area contributed by atoms with Gasteiger partial charge in [0, 0.05) is 18.0 Å². The minimum absolute atomic E-state index is 0.0195. The van der Waals surface area contributed by atoms with Crippen molar-refractivity contribution in [2.75, 3.05) is 13.2 Å². The molecule has 1 aliphatic heterocycles. The lowest BCUT2D eigenvalue weighted by Gasteiger charge is -2.18. The van der Waals surface area contributed by atoms with E-state index in [0.717, 1.165) is 46.5 Å². The van der Waals surface area contributed by atoms with E-state index in [1.54, 1.807) is 22.0 Å². The molecule has 2 aromatic rings. The van der Waals surface area contributed by atoms with E-state index in [0.29, 0.717) is 18.2 Å². The number of rotatable bonds is 8. The molecule has 2 atom stereocenters. The van der Waals surface area contributed by atoms with Gasteiger partial charge in [-0.2, -0.15) is 0 Å². The number of hydrogen-bond acceptors (Lipinski definition) is 6. The molecule has 0 spiro atoms. The predicted octanol–water partition coefficient (Wildman–Crippen LogP) is 3.29. The van der Waals surface area contributed by atoms with Crippen LogP contribution in [0.2, 0.25) is 0 Å². The lowest BCUT2D eigenvalue weighted by atomic mass is 10.1. The second-order valence-corrected chi connectivity index (χ2v) is 9.42. The van der Waals surface area contributed by atoms with Crippen LogP contribution in [0.25, 0.3) is 10.2 Å². The van der Waals surface area contributed by atoms with E-state index in [2.05, 4.69) is 18.8 Å². The molecule has 3 rings (SSSR count). The molecule has 6 nitrogen and oxygen atoms in total. The molecule has 0 bridgehead atoms. The van der Waals surface area contributed by atoms with Gasteiger partial charge in [-0.05, 0) is 38.7 Å². The first kappa shape index (κ1) is 21.1. The highest BCUT2D eigenvalue weighted by atomic mass is 32.2. The summed E-state index contributed by atoms with van der Waals surface area (Å²) in [4.78, 5) is 32.4. The smallest absolute Gasteiger partial charge is 0.263 e. The topological polar surface area (TPSA) is 73.2 Å². The van der Waals surface area contributed by atoms with Crippen LogP contribution in [0.3, 0.4) is 0 Å². The van der Waals surface area contributed by atoms with Crippen LogP contribution in [0.15, 0.2) is 22.6 Å². The number of aryl methyl sites for hydroxylation is 2. The molecule has 28 heavy (non-hydrogen) atoms. The fourth-order valence-electron chi connectivity index (χ4n) is 3.43. The van der Waals surface area contributed by atoms with Gasteiger partial charge in [-0.3, -0.25) is 14.2 Å². The summed E-state index contributed by atoms with van der Waals surface area (Å²) >= 11 is 2.87. The van der Waals surface area contributed by atoms with Crippen molar-refractivity contribution >= 4 is 39.2 Å². The third-order valence-corrected chi connectivity index (χ3v) is 7.04.